The average Bonchev–Trinajstić information content (AvgIpc) is 2.43. The van der Waals surface area contributed by atoms with Crippen molar-refractivity contribution in [2.45, 2.75) is 32.6 Å². The maximum absolute atomic E-state index is 8.42. The zero-order valence-corrected chi connectivity index (χ0v) is 11.3. The molecule has 0 aliphatic heterocycles. The van der Waals surface area contributed by atoms with Crippen molar-refractivity contribution in [2.24, 2.45) is 10.9 Å². The molecule has 0 bridgehead atoms. The Morgan fingerprint density at radius 1 is 1.28 bits per heavy atom. The minimum atomic E-state index is 0.310. The lowest BCUT2D eigenvalue weighted by molar-refractivity contribution is 0.316. The van der Waals surface area contributed by atoms with E-state index in [1.54, 1.807) is 0 Å². The molecule has 0 radical (unpaired) electrons. The van der Waals surface area contributed by atoms with Crippen molar-refractivity contribution in [2.75, 3.05) is 18.5 Å². The van der Waals surface area contributed by atoms with Crippen molar-refractivity contribution in [3.05, 3.63) is 29.8 Å². The van der Waals surface area contributed by atoms with Gasteiger partial charge in [-0.2, -0.15) is 0 Å². The van der Waals surface area contributed by atoms with E-state index in [1.165, 1.54) is 11.3 Å². The summed E-state index contributed by atoms with van der Waals surface area (Å²) in [6.07, 6.45) is 3.69. The lowest BCUT2D eigenvalue weighted by Gasteiger charge is -2.19. The normalized spacial score (nSPS) is 11.6. The number of unbranched alkanes of at least 4 members (excludes halogenated alkanes) is 1. The van der Waals surface area contributed by atoms with Crippen molar-refractivity contribution in [1.29, 1.82) is 0 Å². The smallest absolute Gasteiger partial charge is 0.139 e. The summed E-state index contributed by atoms with van der Waals surface area (Å²) in [5, 5.41) is 11.4. The number of amidine groups is 1. The quantitative estimate of drug-likeness (QED) is 0.257. The molecule has 0 saturated heterocycles. The van der Waals surface area contributed by atoms with Gasteiger partial charge in [0.15, 0.2) is 0 Å². The molecule has 1 rings (SSSR count). The van der Waals surface area contributed by atoms with E-state index < -0.39 is 0 Å². The second-order valence-electron chi connectivity index (χ2n) is 4.49. The van der Waals surface area contributed by atoms with Gasteiger partial charge in [0.2, 0.25) is 0 Å². The van der Waals surface area contributed by atoms with Crippen LogP contribution in [0.5, 0.6) is 0 Å². The van der Waals surface area contributed by atoms with Gasteiger partial charge in [-0.1, -0.05) is 24.2 Å². The third kappa shape index (κ3) is 4.65. The Bertz CT molecular complexity index is 373. The summed E-state index contributed by atoms with van der Waals surface area (Å²) in [5.41, 5.74) is 8.01. The lowest BCUT2D eigenvalue weighted by Crippen LogP contribution is -2.19. The van der Waals surface area contributed by atoms with Crippen LogP contribution < -0.4 is 10.6 Å². The number of oxime groups is 1. The minimum absolute atomic E-state index is 0.310. The molecule has 100 valence electrons. The molecule has 0 spiro atoms. The molecule has 0 fully saturated rings. The van der Waals surface area contributed by atoms with Gasteiger partial charge in [-0.15, -0.1) is 0 Å². The SMILES string of the molecule is CCc1ccc(N(C)CCCCC(N)=NO)cc1. The van der Waals surface area contributed by atoms with Gasteiger partial charge in [0.05, 0.1) is 0 Å². The minimum Gasteiger partial charge on any atom is -0.409 e. The van der Waals surface area contributed by atoms with Crippen LogP contribution in [-0.2, 0) is 6.42 Å². The Kier molecular flexibility index (Phi) is 6.05. The van der Waals surface area contributed by atoms with Crippen molar-refractivity contribution >= 4 is 11.5 Å². The van der Waals surface area contributed by atoms with Crippen molar-refractivity contribution < 1.29 is 5.21 Å². The van der Waals surface area contributed by atoms with Crippen LogP contribution in [0.25, 0.3) is 0 Å². The monoisotopic (exact) mass is 249 g/mol. The predicted octanol–water partition coefficient (Wildman–Crippen LogP) is 2.60. The van der Waals surface area contributed by atoms with Crippen LogP contribution in [0.15, 0.2) is 29.4 Å². The first-order valence-electron chi connectivity index (χ1n) is 6.43. The second-order valence-corrected chi connectivity index (χ2v) is 4.49. The molecule has 18 heavy (non-hydrogen) atoms. The topological polar surface area (TPSA) is 61.8 Å². The maximum Gasteiger partial charge on any atom is 0.139 e. The van der Waals surface area contributed by atoms with Gasteiger partial charge in [-0.05, 0) is 37.0 Å². The second kappa shape index (κ2) is 7.58. The maximum atomic E-state index is 8.42. The highest BCUT2D eigenvalue weighted by molar-refractivity contribution is 5.79. The number of benzene rings is 1. The van der Waals surface area contributed by atoms with E-state index in [1.807, 2.05) is 0 Å². The fourth-order valence-electron chi connectivity index (χ4n) is 1.82. The molecule has 0 heterocycles. The number of hydrogen-bond donors (Lipinski definition) is 2. The van der Waals surface area contributed by atoms with Gasteiger partial charge in [-0.3, -0.25) is 0 Å². The summed E-state index contributed by atoms with van der Waals surface area (Å²) < 4.78 is 0. The molecule has 1 aromatic rings. The summed E-state index contributed by atoms with van der Waals surface area (Å²) in [4.78, 5) is 2.23. The van der Waals surface area contributed by atoms with E-state index in [9.17, 15) is 0 Å². The van der Waals surface area contributed by atoms with E-state index in [2.05, 4.69) is 48.3 Å². The van der Waals surface area contributed by atoms with Gasteiger partial charge in [0.25, 0.3) is 0 Å². The highest BCUT2D eigenvalue weighted by atomic mass is 16.4. The summed E-state index contributed by atoms with van der Waals surface area (Å²) >= 11 is 0. The van der Waals surface area contributed by atoms with Crippen molar-refractivity contribution in [3.8, 4) is 0 Å². The van der Waals surface area contributed by atoms with E-state index in [0.29, 0.717) is 12.3 Å². The van der Waals surface area contributed by atoms with Gasteiger partial charge in [0.1, 0.15) is 5.84 Å². The van der Waals surface area contributed by atoms with Gasteiger partial charge in [0, 0.05) is 25.7 Å². The van der Waals surface area contributed by atoms with Crippen LogP contribution in [0.4, 0.5) is 5.69 Å². The highest BCUT2D eigenvalue weighted by Gasteiger charge is 2.01. The Morgan fingerprint density at radius 3 is 2.50 bits per heavy atom. The van der Waals surface area contributed by atoms with Crippen LogP contribution in [0.2, 0.25) is 0 Å². The van der Waals surface area contributed by atoms with Gasteiger partial charge in [-0.25, -0.2) is 0 Å². The summed E-state index contributed by atoms with van der Waals surface area (Å²) in [5.74, 6) is 0.310. The summed E-state index contributed by atoms with van der Waals surface area (Å²) in [6, 6.07) is 8.65. The van der Waals surface area contributed by atoms with Crippen LogP contribution >= 0.6 is 0 Å². The van der Waals surface area contributed by atoms with E-state index in [0.717, 1.165) is 25.8 Å². The molecule has 1 aromatic carbocycles. The molecule has 0 amide bonds. The average molecular weight is 249 g/mol. The Hall–Kier alpha value is -1.71. The number of nitrogens with zero attached hydrogens (tertiary/aromatic N) is 2. The molecule has 3 N–H and O–H groups in total. The molecular weight excluding hydrogens is 226 g/mol. The highest BCUT2D eigenvalue weighted by Crippen LogP contribution is 2.14. The van der Waals surface area contributed by atoms with Crippen LogP contribution in [-0.4, -0.2) is 24.6 Å². The number of nitrogens with two attached hydrogens (primary N) is 1. The number of rotatable bonds is 7. The molecule has 4 heteroatoms. The van der Waals surface area contributed by atoms with Crippen LogP contribution in [0, 0.1) is 0 Å². The van der Waals surface area contributed by atoms with E-state index in [4.69, 9.17) is 10.9 Å². The molecule has 0 aliphatic rings. The molecule has 0 aromatic heterocycles. The third-order valence-corrected chi connectivity index (χ3v) is 3.09. The molecular formula is C14H23N3O. The molecule has 0 saturated carbocycles. The first-order chi connectivity index (χ1) is 8.67. The first kappa shape index (κ1) is 14.4. The van der Waals surface area contributed by atoms with Crippen LogP contribution in [0.3, 0.4) is 0 Å². The molecule has 0 aliphatic carbocycles. The zero-order chi connectivity index (χ0) is 13.4. The van der Waals surface area contributed by atoms with Crippen molar-refractivity contribution in [3.63, 3.8) is 0 Å². The van der Waals surface area contributed by atoms with Crippen molar-refractivity contribution in [1.82, 2.24) is 0 Å². The number of anilines is 1. The standard InChI is InChI=1S/C14H23N3O/c1-3-12-7-9-13(10-8-12)17(2)11-5-4-6-14(15)16-18/h7-10,18H,3-6,11H2,1-2H3,(H2,15,16). The zero-order valence-electron chi connectivity index (χ0n) is 11.3. The lowest BCUT2D eigenvalue weighted by atomic mass is 10.1. The Labute approximate surface area is 109 Å². The number of aryl methyl sites for hydroxylation is 1. The Morgan fingerprint density at radius 2 is 1.94 bits per heavy atom. The third-order valence-electron chi connectivity index (χ3n) is 3.09. The van der Waals surface area contributed by atoms with E-state index >= 15 is 0 Å². The molecule has 0 atom stereocenters. The molecule has 0 unspecified atom stereocenters. The fourth-order valence-corrected chi connectivity index (χ4v) is 1.82. The first-order valence-corrected chi connectivity index (χ1v) is 6.43. The van der Waals surface area contributed by atoms with E-state index in [-0.39, 0.29) is 0 Å². The van der Waals surface area contributed by atoms with Gasteiger partial charge < -0.3 is 15.8 Å². The molecule has 4 nitrogen and oxygen atoms in total. The largest absolute Gasteiger partial charge is 0.409 e. The fraction of sp³-hybridized carbons (Fsp3) is 0.500. The summed E-state index contributed by atoms with van der Waals surface area (Å²) in [7, 11) is 2.09. The summed E-state index contributed by atoms with van der Waals surface area (Å²) in [6.45, 7) is 3.13. The predicted molar refractivity (Wildman–Crippen MR) is 76.3 cm³/mol. The van der Waals surface area contributed by atoms with Gasteiger partial charge >= 0.3 is 0 Å². The Balaban J connectivity index is 2.33. The van der Waals surface area contributed by atoms with Crippen LogP contribution in [0.1, 0.15) is 31.7 Å². The number of hydrogen-bond acceptors (Lipinski definition) is 3.